The molecular formula is C20H22N4O2S. The van der Waals surface area contributed by atoms with E-state index in [4.69, 9.17) is 4.74 Å². The monoisotopic (exact) mass is 382 g/mol. The van der Waals surface area contributed by atoms with Gasteiger partial charge in [0, 0.05) is 5.56 Å². The molecule has 3 aromatic rings. The largest absolute Gasteiger partial charge is 0.494 e. The van der Waals surface area contributed by atoms with Crippen molar-refractivity contribution in [3.05, 3.63) is 59.2 Å². The Morgan fingerprint density at radius 1 is 1.22 bits per heavy atom. The predicted molar refractivity (Wildman–Crippen MR) is 106 cm³/mol. The number of ether oxygens (including phenoxy) is 1. The smallest absolute Gasteiger partial charge is 0.214 e. The quantitative estimate of drug-likeness (QED) is 0.456. The number of hydrogen-bond acceptors (Lipinski definition) is 6. The zero-order valence-electron chi connectivity index (χ0n) is 15.8. The molecular weight excluding hydrogens is 360 g/mol. The topological polar surface area (TPSA) is 69.9 Å². The third-order valence-corrected chi connectivity index (χ3v) is 5.33. The van der Waals surface area contributed by atoms with E-state index in [1.165, 1.54) is 17.3 Å². The highest BCUT2D eigenvalue weighted by atomic mass is 32.2. The number of ketones is 1. The van der Waals surface area contributed by atoms with E-state index in [0.717, 1.165) is 17.7 Å². The molecule has 0 radical (unpaired) electrons. The summed E-state index contributed by atoms with van der Waals surface area (Å²) in [5.41, 5.74) is 3.72. The van der Waals surface area contributed by atoms with Crippen LogP contribution in [0.25, 0.3) is 5.69 Å². The maximum Gasteiger partial charge on any atom is 0.214 e. The number of thioether (sulfide) groups is 1. The van der Waals surface area contributed by atoms with Crippen molar-refractivity contribution in [2.75, 3.05) is 7.11 Å². The molecule has 2 aromatic carbocycles. The Morgan fingerprint density at radius 3 is 2.63 bits per heavy atom. The normalized spacial score (nSPS) is 12.0. The molecule has 1 atom stereocenters. The van der Waals surface area contributed by atoms with Crippen LogP contribution in [0.1, 0.15) is 35.3 Å². The molecule has 0 aliphatic heterocycles. The Hall–Kier alpha value is -2.67. The summed E-state index contributed by atoms with van der Waals surface area (Å²) < 4.78 is 7.04. The Bertz CT molecular complexity index is 937. The molecule has 7 heteroatoms. The molecule has 1 aromatic heterocycles. The van der Waals surface area contributed by atoms with E-state index in [1.807, 2.05) is 56.3 Å². The highest BCUT2D eigenvalue weighted by Crippen LogP contribution is 2.29. The number of benzene rings is 2. The van der Waals surface area contributed by atoms with Gasteiger partial charge in [-0.2, -0.15) is 4.68 Å². The summed E-state index contributed by atoms with van der Waals surface area (Å²) in [7, 11) is 1.61. The molecule has 0 spiro atoms. The summed E-state index contributed by atoms with van der Waals surface area (Å²) in [6.07, 6.45) is 0.950. The van der Waals surface area contributed by atoms with Crippen LogP contribution in [0.3, 0.4) is 0 Å². The molecule has 6 nitrogen and oxygen atoms in total. The molecule has 0 saturated carbocycles. The minimum Gasteiger partial charge on any atom is -0.494 e. The van der Waals surface area contributed by atoms with Gasteiger partial charge in [0.1, 0.15) is 11.4 Å². The maximum atomic E-state index is 12.8. The van der Waals surface area contributed by atoms with E-state index in [0.29, 0.717) is 16.5 Å². The molecule has 140 valence electrons. The van der Waals surface area contributed by atoms with E-state index in [1.54, 1.807) is 11.8 Å². The highest BCUT2D eigenvalue weighted by Gasteiger charge is 2.21. The Balaban J connectivity index is 1.84. The van der Waals surface area contributed by atoms with Crippen LogP contribution >= 0.6 is 11.8 Å². The van der Waals surface area contributed by atoms with Crippen molar-refractivity contribution in [3.63, 3.8) is 0 Å². The molecule has 3 rings (SSSR count). The van der Waals surface area contributed by atoms with Gasteiger partial charge in [-0.05, 0) is 54.0 Å². The first-order chi connectivity index (χ1) is 13.0. The van der Waals surface area contributed by atoms with Crippen LogP contribution in [0, 0.1) is 6.92 Å². The predicted octanol–water partition coefficient (Wildman–Crippen LogP) is 3.91. The molecule has 1 unspecified atom stereocenters. The van der Waals surface area contributed by atoms with Crippen molar-refractivity contribution in [2.45, 2.75) is 37.6 Å². The summed E-state index contributed by atoms with van der Waals surface area (Å²) in [5.74, 6) is 0.720. The van der Waals surface area contributed by atoms with Crippen LogP contribution < -0.4 is 4.74 Å². The number of methoxy groups -OCH3 is 1. The maximum absolute atomic E-state index is 12.8. The number of nitrogens with zero attached hydrogens (tertiary/aromatic N) is 4. The third-order valence-electron chi connectivity index (χ3n) is 4.30. The van der Waals surface area contributed by atoms with Gasteiger partial charge in [0.2, 0.25) is 5.16 Å². The summed E-state index contributed by atoms with van der Waals surface area (Å²) in [5, 5.41) is 12.2. The van der Waals surface area contributed by atoms with Crippen molar-refractivity contribution in [2.24, 2.45) is 0 Å². The third kappa shape index (κ3) is 4.19. The average Bonchev–Trinajstić information content (AvgIpc) is 3.15. The first-order valence-electron chi connectivity index (χ1n) is 8.76. The van der Waals surface area contributed by atoms with Gasteiger partial charge in [-0.15, -0.1) is 5.10 Å². The fourth-order valence-electron chi connectivity index (χ4n) is 2.72. The van der Waals surface area contributed by atoms with Crippen molar-refractivity contribution >= 4 is 17.5 Å². The molecule has 0 bridgehead atoms. The van der Waals surface area contributed by atoms with E-state index in [9.17, 15) is 4.79 Å². The number of aromatic nitrogens is 4. The zero-order valence-corrected chi connectivity index (χ0v) is 16.7. The molecule has 0 aliphatic rings. The first-order valence-corrected chi connectivity index (χ1v) is 9.64. The van der Waals surface area contributed by atoms with Crippen molar-refractivity contribution in [3.8, 4) is 11.4 Å². The molecule has 27 heavy (non-hydrogen) atoms. The lowest BCUT2D eigenvalue weighted by atomic mass is 10.1. The summed E-state index contributed by atoms with van der Waals surface area (Å²) in [4.78, 5) is 12.8. The second kappa shape index (κ2) is 8.35. The lowest BCUT2D eigenvalue weighted by molar-refractivity contribution is 0.0994. The second-order valence-electron chi connectivity index (χ2n) is 6.22. The molecule has 0 amide bonds. The van der Waals surface area contributed by atoms with Crippen LogP contribution in [-0.4, -0.2) is 38.4 Å². The molecule has 0 aliphatic carbocycles. The van der Waals surface area contributed by atoms with E-state index in [2.05, 4.69) is 22.4 Å². The number of tetrazole rings is 1. The van der Waals surface area contributed by atoms with Gasteiger partial charge in [0.15, 0.2) is 5.78 Å². The van der Waals surface area contributed by atoms with E-state index < -0.39 is 0 Å². The Labute approximate surface area is 162 Å². The van der Waals surface area contributed by atoms with Crippen LogP contribution in [0.2, 0.25) is 0 Å². The number of Topliss-reactive ketones (excluding diaryl/α,β-unsaturated/α-hetero) is 1. The van der Waals surface area contributed by atoms with Crippen molar-refractivity contribution in [1.82, 2.24) is 20.2 Å². The Morgan fingerprint density at radius 2 is 1.96 bits per heavy atom. The van der Waals surface area contributed by atoms with Crippen molar-refractivity contribution < 1.29 is 9.53 Å². The lowest BCUT2D eigenvalue weighted by Gasteiger charge is -2.13. The van der Waals surface area contributed by atoms with E-state index in [-0.39, 0.29) is 11.0 Å². The van der Waals surface area contributed by atoms with Crippen LogP contribution in [-0.2, 0) is 6.42 Å². The average molecular weight is 382 g/mol. The molecule has 1 heterocycles. The Kier molecular flexibility index (Phi) is 5.91. The number of rotatable bonds is 7. The number of aryl methyl sites for hydroxylation is 2. The van der Waals surface area contributed by atoms with Crippen LogP contribution in [0.5, 0.6) is 5.75 Å². The van der Waals surface area contributed by atoms with Gasteiger partial charge in [-0.3, -0.25) is 4.79 Å². The number of carbonyl (C=O) groups is 1. The highest BCUT2D eigenvalue weighted by molar-refractivity contribution is 8.00. The van der Waals surface area contributed by atoms with Gasteiger partial charge >= 0.3 is 0 Å². The first kappa shape index (κ1) is 19.1. The van der Waals surface area contributed by atoms with E-state index >= 15 is 0 Å². The molecule has 0 saturated heterocycles. The van der Waals surface area contributed by atoms with Crippen LogP contribution in [0.4, 0.5) is 0 Å². The number of carbonyl (C=O) groups excluding carboxylic acids is 1. The summed E-state index contributed by atoms with van der Waals surface area (Å²) in [6, 6.07) is 13.5. The standard InChI is InChI=1S/C20H22N4O2S/c1-5-15-7-9-16(10-8-15)19(25)14(3)27-20-21-22-23-24(20)17-12-13(2)6-11-18(17)26-4/h6-12,14H,5H2,1-4H3. The minimum atomic E-state index is -0.321. The van der Waals surface area contributed by atoms with Crippen LogP contribution in [0.15, 0.2) is 47.6 Å². The van der Waals surface area contributed by atoms with Gasteiger partial charge in [-0.1, -0.05) is 49.0 Å². The minimum absolute atomic E-state index is 0.0495. The lowest BCUT2D eigenvalue weighted by Crippen LogP contribution is -2.15. The summed E-state index contributed by atoms with van der Waals surface area (Å²) in [6.45, 7) is 5.95. The molecule has 0 fully saturated rings. The summed E-state index contributed by atoms with van der Waals surface area (Å²) >= 11 is 1.33. The fraction of sp³-hybridized carbons (Fsp3) is 0.300. The van der Waals surface area contributed by atoms with Gasteiger partial charge in [-0.25, -0.2) is 0 Å². The number of hydrogen-bond donors (Lipinski definition) is 0. The van der Waals surface area contributed by atoms with Gasteiger partial charge < -0.3 is 4.74 Å². The second-order valence-corrected chi connectivity index (χ2v) is 7.53. The fourth-order valence-corrected chi connectivity index (χ4v) is 3.60. The zero-order chi connectivity index (χ0) is 19.4. The molecule has 0 N–H and O–H groups in total. The van der Waals surface area contributed by atoms with Gasteiger partial charge in [0.25, 0.3) is 0 Å². The van der Waals surface area contributed by atoms with Gasteiger partial charge in [0.05, 0.1) is 12.4 Å². The van der Waals surface area contributed by atoms with Crippen molar-refractivity contribution in [1.29, 1.82) is 0 Å². The SMILES string of the molecule is CCc1ccc(C(=O)C(C)Sc2nnnn2-c2cc(C)ccc2OC)cc1.